The van der Waals surface area contributed by atoms with Gasteiger partial charge in [-0.1, -0.05) is 4.98 Å². The van der Waals surface area contributed by atoms with Crippen LogP contribution in [0.5, 0.6) is 0 Å². The smallest absolute Gasteiger partial charge is 0.387 e. The van der Waals surface area contributed by atoms with Gasteiger partial charge in [-0.15, -0.1) is 0 Å². The van der Waals surface area contributed by atoms with Crippen molar-refractivity contribution in [3.05, 3.63) is 33.4 Å². The minimum Gasteiger partial charge on any atom is -0.387 e. The lowest BCUT2D eigenvalue weighted by Gasteiger charge is -2.21. The highest BCUT2D eigenvalue weighted by Gasteiger charge is 2.51. The molecule has 11 atom stereocenters. The van der Waals surface area contributed by atoms with E-state index in [4.69, 9.17) is 30.2 Å². The highest BCUT2D eigenvalue weighted by Crippen LogP contribution is 2.67. The number of aromatic amines is 2. The fourth-order valence-electron chi connectivity index (χ4n) is 5.71. The number of hydrogen-bond acceptors (Lipinski definition) is 20. The Hall–Kier alpha value is -3.53. The summed E-state index contributed by atoms with van der Waals surface area (Å²) in [6, 6.07) is 0. The molecular formula is C22H32N10O18P3+. The number of nitrogens with zero attached hydrogens (tertiary/aromatic N) is 6. The molecule has 2 aliphatic heterocycles. The molecule has 31 heteroatoms. The molecule has 0 bridgehead atoms. The van der Waals surface area contributed by atoms with Crippen molar-refractivity contribution in [2.45, 2.75) is 49.1 Å². The molecule has 53 heavy (non-hydrogen) atoms. The van der Waals surface area contributed by atoms with Gasteiger partial charge in [-0.2, -0.15) is 13.6 Å². The van der Waals surface area contributed by atoms with Gasteiger partial charge in [-0.25, -0.2) is 23.2 Å². The van der Waals surface area contributed by atoms with Crippen LogP contribution >= 0.6 is 23.5 Å². The van der Waals surface area contributed by atoms with Crippen molar-refractivity contribution >= 4 is 57.7 Å². The Bertz CT molecular complexity index is 2300. The molecule has 0 aliphatic carbocycles. The van der Waals surface area contributed by atoms with E-state index < -0.39 is 96.9 Å². The number of hydrogen-bond donors (Lipinski definition) is 10. The number of aromatic nitrogens is 8. The number of nitrogen functional groups attached to an aromatic ring is 2. The number of phosphoric ester groups is 2. The van der Waals surface area contributed by atoms with Crippen LogP contribution in [0, 0.1) is 0 Å². The quantitative estimate of drug-likeness (QED) is 0.0455. The van der Waals surface area contributed by atoms with Gasteiger partial charge >= 0.3 is 29.1 Å². The van der Waals surface area contributed by atoms with Crippen LogP contribution < -0.4 is 27.2 Å². The zero-order chi connectivity index (χ0) is 38.8. The van der Waals surface area contributed by atoms with Crippen LogP contribution in [0.25, 0.3) is 22.3 Å². The monoisotopic (exact) mass is 817 g/mol. The molecule has 0 amide bonds. The number of methoxy groups -OCH3 is 1. The lowest BCUT2D eigenvalue weighted by Crippen LogP contribution is -2.46. The number of phosphoric acid groups is 3. The fraction of sp³-hybridized carbons (Fsp3) is 0.545. The van der Waals surface area contributed by atoms with Gasteiger partial charge in [0.05, 0.1) is 26.6 Å². The van der Waals surface area contributed by atoms with Crippen molar-refractivity contribution in [3.8, 4) is 0 Å². The van der Waals surface area contributed by atoms with E-state index in [1.165, 1.54) is 22.5 Å². The van der Waals surface area contributed by atoms with Gasteiger partial charge in [0.15, 0.2) is 23.7 Å². The lowest BCUT2D eigenvalue weighted by atomic mass is 10.1. The average Bonchev–Trinajstić information content (AvgIpc) is 3.76. The summed E-state index contributed by atoms with van der Waals surface area (Å²) in [6.45, 7) is -2.03. The molecule has 292 valence electrons. The fourth-order valence-corrected chi connectivity index (χ4v) is 9.24. The van der Waals surface area contributed by atoms with Crippen LogP contribution in [-0.2, 0) is 52.6 Å². The molecule has 2 fully saturated rings. The Labute approximate surface area is 293 Å². The van der Waals surface area contributed by atoms with E-state index in [1.54, 1.807) is 0 Å². The Morgan fingerprint density at radius 1 is 0.887 bits per heavy atom. The van der Waals surface area contributed by atoms with Crippen molar-refractivity contribution in [1.82, 2.24) is 34.1 Å². The second-order valence-electron chi connectivity index (χ2n) is 11.5. The third kappa shape index (κ3) is 7.85. The number of imidazole rings is 2. The molecule has 0 aromatic carbocycles. The third-order valence-corrected chi connectivity index (χ3v) is 12.2. The molecule has 2 aliphatic rings. The number of anilines is 2. The number of aliphatic hydroxyl groups is 3. The maximum atomic E-state index is 12.6. The molecule has 5 unspecified atom stereocenters. The second kappa shape index (κ2) is 14.3. The van der Waals surface area contributed by atoms with E-state index in [0.717, 1.165) is 18.0 Å². The van der Waals surface area contributed by atoms with E-state index in [2.05, 4.69) is 38.1 Å². The predicted octanol–water partition coefficient (Wildman–Crippen LogP) is -3.89. The second-order valence-corrected chi connectivity index (χ2v) is 16.1. The van der Waals surface area contributed by atoms with Crippen molar-refractivity contribution in [2.75, 3.05) is 31.8 Å². The van der Waals surface area contributed by atoms with Crippen LogP contribution in [0.4, 0.5) is 11.9 Å². The number of rotatable bonds is 13. The molecule has 4 aromatic heterocycles. The summed E-state index contributed by atoms with van der Waals surface area (Å²) in [4.78, 5) is 71.0. The van der Waals surface area contributed by atoms with E-state index in [0.29, 0.717) is 0 Å². The number of H-pyrrole nitrogens is 2. The summed E-state index contributed by atoms with van der Waals surface area (Å²) >= 11 is 0. The zero-order valence-corrected chi connectivity index (χ0v) is 29.6. The van der Waals surface area contributed by atoms with Gasteiger partial charge in [-0.05, 0) is 0 Å². The van der Waals surface area contributed by atoms with Gasteiger partial charge < -0.3 is 55.7 Å². The maximum absolute atomic E-state index is 12.6. The number of nitrogens with one attached hydrogen (secondary N) is 2. The summed E-state index contributed by atoms with van der Waals surface area (Å²) in [5.74, 6) is -0.549. The van der Waals surface area contributed by atoms with E-state index in [1.807, 2.05) is 0 Å². The summed E-state index contributed by atoms with van der Waals surface area (Å²) in [6.07, 6.45) is -9.74. The minimum absolute atomic E-state index is 0.00284. The van der Waals surface area contributed by atoms with Gasteiger partial charge in [0.25, 0.3) is 17.1 Å². The Morgan fingerprint density at radius 2 is 1.49 bits per heavy atom. The molecule has 0 spiro atoms. The summed E-state index contributed by atoms with van der Waals surface area (Å²) in [5, 5.41) is 31.9. The zero-order valence-electron chi connectivity index (χ0n) is 26.9. The van der Waals surface area contributed by atoms with E-state index >= 15 is 0 Å². The maximum Gasteiger partial charge on any atom is 0.490 e. The summed E-state index contributed by atoms with van der Waals surface area (Å²) in [7, 11) is -14.6. The molecule has 0 radical (unpaired) electrons. The number of aryl methyl sites for hydroxylation is 1. The average molecular weight is 817 g/mol. The predicted molar refractivity (Wildman–Crippen MR) is 169 cm³/mol. The van der Waals surface area contributed by atoms with Crippen LogP contribution in [0.2, 0.25) is 0 Å². The van der Waals surface area contributed by atoms with Gasteiger partial charge in [0, 0.05) is 7.11 Å². The first-order valence-electron chi connectivity index (χ1n) is 14.8. The van der Waals surface area contributed by atoms with E-state index in [9.17, 15) is 53.3 Å². The summed E-state index contributed by atoms with van der Waals surface area (Å²) in [5.41, 5.74) is 9.60. The Balaban J connectivity index is 1.06. The first kappa shape index (κ1) is 39.2. The largest absolute Gasteiger partial charge is 0.490 e. The topological polar surface area (TPSA) is 407 Å². The van der Waals surface area contributed by atoms with Crippen LogP contribution in [0.3, 0.4) is 0 Å². The highest BCUT2D eigenvalue weighted by atomic mass is 31.3. The SMILES string of the molecule is COC1[C@@H](COP(=O)(O)OP(=O)(O)OP(=O)(O)OC[C@H]2O[C@@H](n3cnc4c(=O)[nH]c(N)nc43)C(O)[C@H]2O)O[C@@H]([n+]2cn(C)c3c(=O)[nH]c(N)nc32)[C@H]1O. The first-order chi connectivity index (χ1) is 24.7. The van der Waals surface area contributed by atoms with Crippen molar-refractivity contribution in [3.63, 3.8) is 0 Å². The molecule has 0 saturated carbocycles. The lowest BCUT2D eigenvalue weighted by molar-refractivity contribution is -0.745. The van der Waals surface area contributed by atoms with Crippen LogP contribution in [0.1, 0.15) is 12.5 Å². The number of nitrogens with two attached hydrogens (primary N) is 2. The van der Waals surface area contributed by atoms with Crippen molar-refractivity contribution < 1.29 is 80.1 Å². The van der Waals surface area contributed by atoms with Gasteiger partial charge in [0.2, 0.25) is 17.7 Å². The third-order valence-electron chi connectivity index (χ3n) is 7.92. The number of fused-ring (bicyclic) bond motifs is 2. The number of ether oxygens (including phenoxy) is 3. The number of aliphatic hydroxyl groups excluding tert-OH is 3. The normalized spacial score (nSPS) is 29.7. The molecule has 28 nitrogen and oxygen atoms in total. The molecule has 4 aromatic rings. The van der Waals surface area contributed by atoms with Gasteiger partial charge in [-0.3, -0.25) is 37.7 Å². The molecule has 12 N–H and O–H groups in total. The molecule has 6 rings (SSSR count). The van der Waals surface area contributed by atoms with Crippen molar-refractivity contribution in [1.29, 1.82) is 0 Å². The van der Waals surface area contributed by atoms with Gasteiger partial charge in [0.1, 0.15) is 36.6 Å². The molecule has 2 saturated heterocycles. The van der Waals surface area contributed by atoms with Crippen LogP contribution in [0.15, 0.2) is 22.2 Å². The first-order valence-corrected chi connectivity index (χ1v) is 19.3. The standard InChI is InChI=1S/C22H31N10O18P3/c1-30-6-32(16-10(30)18(37)29-22(24)27-16)20-13(35)14(44-2)8(48-20)4-46-52(40,41)50-53(42,43)49-51(38,39)45-3-7-11(33)12(34)19(47-7)31-5-25-9-15(31)26-21(23)28-17(9)36/h5-8,11-14,19-20,33-35H,3-4H2,1-2H3,(H8-,23,24,26,27,28,29,36,37,38,39,40,41,42,43)/p+1/t7-,8-,11+,12?,13+,14?,19-,20-/m1/s1. The minimum atomic E-state index is -5.98. The summed E-state index contributed by atoms with van der Waals surface area (Å²) < 4.78 is 75.3. The molecular weight excluding hydrogens is 785 g/mol. The van der Waals surface area contributed by atoms with Crippen LogP contribution in [-0.4, -0.2) is 121 Å². The van der Waals surface area contributed by atoms with Crippen molar-refractivity contribution in [2.24, 2.45) is 7.05 Å². The van der Waals surface area contributed by atoms with E-state index in [-0.39, 0.29) is 34.2 Å². The Morgan fingerprint density at radius 3 is 2.13 bits per heavy atom. The molecule has 6 heterocycles. The highest BCUT2D eigenvalue weighted by molar-refractivity contribution is 7.66. The Kier molecular flexibility index (Phi) is 10.6.